The molecule has 2 aliphatic rings. The quantitative estimate of drug-likeness (QED) is 0.697. The fourth-order valence-electron chi connectivity index (χ4n) is 2.66. The lowest BCUT2D eigenvalue weighted by Gasteiger charge is -2.26. The Morgan fingerprint density at radius 2 is 2.00 bits per heavy atom. The van der Waals surface area contributed by atoms with Crippen molar-refractivity contribution in [1.82, 2.24) is 4.90 Å². The Kier molecular flexibility index (Phi) is 2.75. The van der Waals surface area contributed by atoms with Crippen LogP contribution in [0.15, 0.2) is 28.5 Å². The van der Waals surface area contributed by atoms with E-state index in [1.807, 2.05) is 0 Å². The number of Topliss-reactive ketones (excluding diaryl/α,β-unsaturated/α-hetero) is 1. The molecule has 1 aromatic heterocycles. The van der Waals surface area contributed by atoms with E-state index in [9.17, 15) is 4.79 Å². The normalized spacial score (nSPS) is 22.9. The van der Waals surface area contributed by atoms with Crippen LogP contribution in [0.4, 0.5) is 0 Å². The number of fused-ring (bicyclic) bond motifs is 1. The topological polar surface area (TPSA) is 33.5 Å². The highest BCUT2D eigenvalue weighted by Crippen LogP contribution is 2.26. The van der Waals surface area contributed by atoms with Gasteiger partial charge < -0.3 is 9.32 Å². The molecule has 0 unspecified atom stereocenters. The maximum absolute atomic E-state index is 12.2. The Hall–Kier alpha value is -1.51. The molecule has 3 rings (SSSR count). The molecule has 1 aromatic rings. The predicted octanol–water partition coefficient (Wildman–Crippen LogP) is 2.78. The molecule has 0 saturated carbocycles. The first kappa shape index (κ1) is 10.6. The number of hydrogen-bond acceptors (Lipinski definition) is 3. The molecule has 2 heterocycles. The van der Waals surface area contributed by atoms with Gasteiger partial charge in [0.05, 0.1) is 11.8 Å². The van der Waals surface area contributed by atoms with Crippen molar-refractivity contribution in [2.24, 2.45) is 0 Å². The monoisotopic (exact) mass is 231 g/mol. The third-order valence-corrected chi connectivity index (χ3v) is 3.63. The Morgan fingerprint density at radius 3 is 2.82 bits per heavy atom. The number of carbonyl (C=O) groups is 1. The molecule has 0 radical (unpaired) electrons. The first-order chi connectivity index (χ1) is 8.34. The Bertz CT molecular complexity index is 453. The summed E-state index contributed by atoms with van der Waals surface area (Å²) in [6, 6.07) is 1.79. The molecule has 3 nitrogen and oxygen atoms in total. The van der Waals surface area contributed by atoms with Gasteiger partial charge in [-0.15, -0.1) is 0 Å². The molecule has 1 aliphatic heterocycles. The molecule has 0 aromatic carbocycles. The number of aryl methyl sites for hydroxylation is 1. The zero-order valence-corrected chi connectivity index (χ0v) is 9.95. The Morgan fingerprint density at radius 1 is 1.18 bits per heavy atom. The number of piperidine rings is 1. The van der Waals surface area contributed by atoms with Gasteiger partial charge in [0, 0.05) is 31.3 Å². The van der Waals surface area contributed by atoms with Crippen LogP contribution in [0, 0.1) is 0 Å². The first-order valence-electron chi connectivity index (χ1n) is 6.40. The molecule has 1 aliphatic carbocycles. The van der Waals surface area contributed by atoms with Gasteiger partial charge in [-0.1, -0.05) is 0 Å². The van der Waals surface area contributed by atoms with E-state index in [2.05, 4.69) is 11.1 Å². The molecule has 90 valence electrons. The van der Waals surface area contributed by atoms with Gasteiger partial charge in [-0.3, -0.25) is 4.79 Å². The van der Waals surface area contributed by atoms with E-state index in [-0.39, 0.29) is 5.78 Å². The number of ketones is 1. The molecule has 1 saturated heterocycles. The van der Waals surface area contributed by atoms with Gasteiger partial charge in [0.15, 0.2) is 5.78 Å². The zero-order chi connectivity index (χ0) is 11.7. The number of nitrogens with zero attached hydrogens (tertiary/aromatic N) is 1. The molecule has 0 spiro atoms. The summed E-state index contributed by atoms with van der Waals surface area (Å²) in [7, 11) is 0. The molecule has 1 fully saturated rings. The van der Waals surface area contributed by atoms with Crippen molar-refractivity contribution in [3.8, 4) is 0 Å². The first-order valence-corrected chi connectivity index (χ1v) is 6.40. The Labute approximate surface area is 101 Å². The summed E-state index contributed by atoms with van der Waals surface area (Å²) in [4.78, 5) is 14.5. The third-order valence-electron chi connectivity index (χ3n) is 3.63. The SMILES string of the molecule is O=C1/C(=C/N2CCCCC2)CCc2occc21. The van der Waals surface area contributed by atoms with E-state index in [1.54, 1.807) is 12.3 Å². The molecule has 17 heavy (non-hydrogen) atoms. The minimum absolute atomic E-state index is 0.158. The molecular formula is C14H17NO2. The summed E-state index contributed by atoms with van der Waals surface area (Å²) in [5.74, 6) is 1.01. The highest BCUT2D eigenvalue weighted by atomic mass is 16.3. The lowest BCUT2D eigenvalue weighted by atomic mass is 9.92. The van der Waals surface area contributed by atoms with Gasteiger partial charge >= 0.3 is 0 Å². The van der Waals surface area contributed by atoms with Crippen molar-refractivity contribution in [2.45, 2.75) is 32.1 Å². The van der Waals surface area contributed by atoms with Gasteiger partial charge in [0.1, 0.15) is 5.76 Å². The van der Waals surface area contributed by atoms with Crippen LogP contribution in [0.25, 0.3) is 0 Å². The number of furan rings is 1. The fraction of sp³-hybridized carbons (Fsp3) is 0.500. The summed E-state index contributed by atoms with van der Waals surface area (Å²) in [5.41, 5.74) is 1.71. The largest absolute Gasteiger partial charge is 0.469 e. The lowest BCUT2D eigenvalue weighted by Crippen LogP contribution is -2.26. The summed E-state index contributed by atoms with van der Waals surface area (Å²) in [5, 5.41) is 0. The number of hydrogen-bond donors (Lipinski definition) is 0. The number of likely N-dealkylation sites (tertiary alicyclic amines) is 1. The van der Waals surface area contributed by atoms with Crippen LogP contribution in [0.5, 0.6) is 0 Å². The number of rotatable bonds is 1. The minimum Gasteiger partial charge on any atom is -0.469 e. The van der Waals surface area contributed by atoms with Gasteiger partial charge in [-0.2, -0.15) is 0 Å². The molecule has 0 atom stereocenters. The van der Waals surface area contributed by atoms with Crippen molar-refractivity contribution < 1.29 is 9.21 Å². The number of allylic oxidation sites excluding steroid dienone is 1. The Balaban J connectivity index is 1.81. The van der Waals surface area contributed by atoms with Crippen LogP contribution in [-0.2, 0) is 6.42 Å². The summed E-state index contributed by atoms with van der Waals surface area (Å²) in [6.45, 7) is 2.18. The number of carbonyl (C=O) groups excluding carboxylic acids is 1. The summed E-state index contributed by atoms with van der Waals surface area (Å²) < 4.78 is 5.30. The lowest BCUT2D eigenvalue weighted by molar-refractivity contribution is 0.102. The van der Waals surface area contributed by atoms with Crippen LogP contribution in [-0.4, -0.2) is 23.8 Å². The summed E-state index contributed by atoms with van der Waals surface area (Å²) >= 11 is 0. The van der Waals surface area contributed by atoms with Gasteiger partial charge in [0.25, 0.3) is 0 Å². The second-order valence-electron chi connectivity index (χ2n) is 4.84. The minimum atomic E-state index is 0.158. The molecule has 0 amide bonds. The highest BCUT2D eigenvalue weighted by Gasteiger charge is 2.24. The molecule has 0 N–H and O–H groups in total. The van der Waals surface area contributed by atoms with E-state index in [0.29, 0.717) is 0 Å². The van der Waals surface area contributed by atoms with E-state index in [1.165, 1.54) is 19.3 Å². The van der Waals surface area contributed by atoms with Crippen molar-refractivity contribution in [3.05, 3.63) is 35.4 Å². The fourth-order valence-corrected chi connectivity index (χ4v) is 2.66. The van der Waals surface area contributed by atoms with Crippen molar-refractivity contribution in [2.75, 3.05) is 13.1 Å². The zero-order valence-electron chi connectivity index (χ0n) is 9.95. The highest BCUT2D eigenvalue weighted by molar-refractivity contribution is 6.10. The van der Waals surface area contributed by atoms with Crippen molar-refractivity contribution in [3.63, 3.8) is 0 Å². The van der Waals surface area contributed by atoms with E-state index in [0.717, 1.165) is 42.8 Å². The van der Waals surface area contributed by atoms with Crippen LogP contribution in [0.2, 0.25) is 0 Å². The molecule has 3 heteroatoms. The maximum atomic E-state index is 12.2. The third kappa shape index (κ3) is 2.02. The van der Waals surface area contributed by atoms with E-state index >= 15 is 0 Å². The van der Waals surface area contributed by atoms with Crippen LogP contribution in [0.1, 0.15) is 41.8 Å². The second-order valence-corrected chi connectivity index (χ2v) is 4.84. The van der Waals surface area contributed by atoms with Crippen LogP contribution < -0.4 is 0 Å². The van der Waals surface area contributed by atoms with E-state index < -0.39 is 0 Å². The summed E-state index contributed by atoms with van der Waals surface area (Å²) in [6.07, 6.45) is 9.18. The predicted molar refractivity (Wildman–Crippen MR) is 64.9 cm³/mol. The average molecular weight is 231 g/mol. The maximum Gasteiger partial charge on any atom is 0.193 e. The van der Waals surface area contributed by atoms with Gasteiger partial charge in [-0.25, -0.2) is 0 Å². The average Bonchev–Trinajstić information content (AvgIpc) is 2.83. The molecular weight excluding hydrogens is 214 g/mol. The van der Waals surface area contributed by atoms with Crippen LogP contribution >= 0.6 is 0 Å². The molecule has 0 bridgehead atoms. The van der Waals surface area contributed by atoms with Crippen molar-refractivity contribution in [1.29, 1.82) is 0 Å². The van der Waals surface area contributed by atoms with Gasteiger partial charge in [-0.05, 0) is 31.7 Å². The smallest absolute Gasteiger partial charge is 0.193 e. The standard InChI is InChI=1S/C14H17NO2/c16-14-11(10-15-7-2-1-3-8-15)4-5-13-12(14)6-9-17-13/h6,9-10H,1-5,7-8H2/b11-10+. The van der Waals surface area contributed by atoms with E-state index in [4.69, 9.17) is 4.42 Å². The second kappa shape index (κ2) is 4.40. The van der Waals surface area contributed by atoms with Crippen molar-refractivity contribution >= 4 is 5.78 Å². The van der Waals surface area contributed by atoms with Crippen LogP contribution in [0.3, 0.4) is 0 Å². The van der Waals surface area contributed by atoms with Gasteiger partial charge in [0.2, 0.25) is 0 Å².